The number of fused-ring (bicyclic) bond motifs is 4. The van der Waals surface area contributed by atoms with Gasteiger partial charge < -0.3 is 52.8 Å². The summed E-state index contributed by atoms with van der Waals surface area (Å²) in [5.41, 5.74) is 5.86. The van der Waals surface area contributed by atoms with Crippen LogP contribution in [0.15, 0.2) is 75.7 Å². The van der Waals surface area contributed by atoms with Crippen LogP contribution in [-0.2, 0) is 32.2 Å². The molecule has 7 rings (SSSR count). The summed E-state index contributed by atoms with van der Waals surface area (Å²) < 4.78 is 46.7. The lowest BCUT2D eigenvalue weighted by Gasteiger charge is -2.20. The Morgan fingerprint density at radius 2 is 1.10 bits per heavy atom. The molecule has 2 fully saturated rings. The number of aliphatic carboxylic acids is 1. The monoisotopic (exact) mass is 866 g/mol. The van der Waals surface area contributed by atoms with Crippen LogP contribution in [0.25, 0.3) is 0 Å². The molecule has 4 heterocycles. The minimum Gasteiger partial charge on any atom is -0.493 e. The minimum absolute atomic E-state index is 0.0486. The molecule has 334 valence electrons. The van der Waals surface area contributed by atoms with Gasteiger partial charge in [-0.2, -0.15) is 0 Å². The van der Waals surface area contributed by atoms with Gasteiger partial charge in [-0.1, -0.05) is 23.3 Å². The molecule has 16 heteroatoms. The Balaban J connectivity index is 1.04. The van der Waals surface area contributed by atoms with Crippen LogP contribution < -0.4 is 23.7 Å². The molecule has 0 spiro atoms. The molecule has 0 unspecified atom stereocenters. The van der Waals surface area contributed by atoms with Crippen LogP contribution >= 0.6 is 0 Å². The van der Waals surface area contributed by atoms with Crippen molar-refractivity contribution in [3.8, 4) is 28.7 Å². The van der Waals surface area contributed by atoms with E-state index in [0.717, 1.165) is 24.0 Å². The largest absolute Gasteiger partial charge is 0.493 e. The van der Waals surface area contributed by atoms with Crippen LogP contribution in [0.1, 0.15) is 65.0 Å². The smallest absolute Gasteiger partial charge is 0.305 e. The van der Waals surface area contributed by atoms with E-state index in [2.05, 4.69) is 12.2 Å². The minimum atomic E-state index is -0.906. The van der Waals surface area contributed by atoms with Gasteiger partial charge in [0.25, 0.3) is 11.8 Å². The normalized spacial score (nSPS) is 18.8. The number of hydrogen-bond donors (Lipinski definition) is 1. The van der Waals surface area contributed by atoms with Crippen molar-refractivity contribution in [1.29, 1.82) is 0 Å². The summed E-state index contributed by atoms with van der Waals surface area (Å²) in [5.74, 6) is 1.11. The van der Waals surface area contributed by atoms with Crippen molar-refractivity contribution in [3.63, 3.8) is 0 Å². The first-order valence-corrected chi connectivity index (χ1v) is 21.1. The van der Waals surface area contributed by atoms with E-state index < -0.39 is 5.97 Å². The first-order chi connectivity index (χ1) is 30.7. The van der Waals surface area contributed by atoms with Crippen molar-refractivity contribution in [2.75, 3.05) is 73.6 Å². The van der Waals surface area contributed by atoms with E-state index in [9.17, 15) is 14.4 Å². The molecule has 0 saturated carbocycles. The first-order valence-electron chi connectivity index (χ1n) is 21.1. The van der Waals surface area contributed by atoms with E-state index in [1.54, 1.807) is 24.3 Å². The van der Waals surface area contributed by atoms with Crippen LogP contribution in [0.2, 0.25) is 0 Å². The zero-order valence-corrected chi connectivity index (χ0v) is 36.1. The first kappa shape index (κ1) is 44.8. The highest BCUT2D eigenvalue weighted by Gasteiger charge is 2.36. The molecule has 63 heavy (non-hydrogen) atoms. The number of rotatable bonds is 21. The number of nitrogens with zero attached hydrogens (tertiary/aromatic N) is 4. The van der Waals surface area contributed by atoms with Crippen LogP contribution in [0.5, 0.6) is 28.7 Å². The fourth-order valence-electron chi connectivity index (χ4n) is 7.75. The quantitative estimate of drug-likeness (QED) is 0.0908. The standard InChI is InChI=1S/C47H54N4O12/c1-5-30-16-34-24-48-39-22-43(41(56-3)20-37(39)46(54)50(34)26-30)62-28-32-15-33(19-36(18-32)61-14-13-60-12-11-59-10-9-58-8-7-45(52)53)29-63-44-23-40-38(21-42(44)57-4)47(55)51-27-31(6-2)17-35(51)25-49-40/h5-6,15,18-25,34-35H,7-14,16-17,26-29H2,1-4H3,(H,52,53)/t34-,35-/m0/s1. The van der Waals surface area contributed by atoms with E-state index in [1.807, 2.05) is 54.3 Å². The predicted molar refractivity (Wildman–Crippen MR) is 234 cm³/mol. The maximum atomic E-state index is 13.6. The Bertz CT molecular complexity index is 2150. The summed E-state index contributed by atoms with van der Waals surface area (Å²) in [6.45, 7) is 7.35. The number of allylic oxidation sites excluding steroid dienone is 2. The third-order valence-electron chi connectivity index (χ3n) is 11.1. The highest BCUT2D eigenvalue weighted by molar-refractivity contribution is 6.04. The molecule has 3 aromatic carbocycles. The zero-order chi connectivity index (χ0) is 44.3. The summed E-state index contributed by atoms with van der Waals surface area (Å²) in [6.07, 6.45) is 9.22. The van der Waals surface area contributed by atoms with Gasteiger partial charge in [-0.15, -0.1) is 0 Å². The van der Waals surface area contributed by atoms with Crippen molar-refractivity contribution >= 4 is 41.6 Å². The van der Waals surface area contributed by atoms with Crippen molar-refractivity contribution < 1.29 is 57.4 Å². The van der Waals surface area contributed by atoms with Crippen molar-refractivity contribution in [2.45, 2.75) is 58.4 Å². The molecule has 4 aliphatic rings. The van der Waals surface area contributed by atoms with Gasteiger partial charge in [-0.3, -0.25) is 24.4 Å². The predicted octanol–water partition coefficient (Wildman–Crippen LogP) is 6.52. The number of carboxylic acid groups (broad SMARTS) is 1. The maximum absolute atomic E-state index is 13.6. The Kier molecular flexibility index (Phi) is 15.1. The van der Waals surface area contributed by atoms with E-state index in [-0.39, 0.29) is 56.7 Å². The van der Waals surface area contributed by atoms with Crippen LogP contribution in [0.3, 0.4) is 0 Å². The molecule has 0 aliphatic carbocycles. The van der Waals surface area contributed by atoms with E-state index in [0.29, 0.717) is 97.4 Å². The lowest BCUT2D eigenvalue weighted by atomic mass is 10.1. The van der Waals surface area contributed by atoms with Gasteiger partial charge in [0.15, 0.2) is 23.0 Å². The third kappa shape index (κ3) is 11.1. The van der Waals surface area contributed by atoms with E-state index in [1.165, 1.54) is 25.4 Å². The number of ether oxygens (including phenoxy) is 8. The molecule has 0 radical (unpaired) electrons. The van der Waals surface area contributed by atoms with E-state index in [4.69, 9.17) is 53.0 Å². The van der Waals surface area contributed by atoms with Crippen LogP contribution in [0, 0.1) is 0 Å². The van der Waals surface area contributed by atoms with Gasteiger partial charge in [0, 0.05) is 37.7 Å². The molecule has 16 nitrogen and oxygen atoms in total. The van der Waals surface area contributed by atoms with Gasteiger partial charge in [0.05, 0.1) is 94.9 Å². The van der Waals surface area contributed by atoms with Crippen molar-refractivity contribution in [3.05, 3.63) is 88.0 Å². The number of carbonyl (C=O) groups excluding carboxylic acids is 2. The number of benzene rings is 3. The van der Waals surface area contributed by atoms with Crippen molar-refractivity contribution in [1.82, 2.24) is 9.80 Å². The fraction of sp³-hybridized carbons (Fsp3) is 0.426. The number of carboxylic acids is 1. The molecule has 0 bridgehead atoms. The van der Waals surface area contributed by atoms with Gasteiger partial charge in [0.1, 0.15) is 25.6 Å². The molecule has 0 aromatic heterocycles. The average Bonchev–Trinajstić information content (AvgIpc) is 3.86. The zero-order valence-electron chi connectivity index (χ0n) is 36.1. The second kappa shape index (κ2) is 21.2. The Morgan fingerprint density at radius 1 is 0.635 bits per heavy atom. The fourth-order valence-corrected chi connectivity index (χ4v) is 7.75. The van der Waals surface area contributed by atoms with Crippen molar-refractivity contribution in [2.24, 2.45) is 9.98 Å². The molecule has 1 N–H and O–H groups in total. The summed E-state index contributed by atoms with van der Waals surface area (Å²) in [7, 11) is 3.07. The molecule has 2 amide bonds. The SMILES string of the molecule is CC=C1C[C@H]2C=Nc3cc(OCc4cc(COc5cc6c(cc5OC)C(=O)N5CC(=CC)C[C@H]5C=N6)cc(OCCOCCOCCOCCC(=O)O)c4)c(OC)cc3C(=O)N2C1. The second-order valence-corrected chi connectivity index (χ2v) is 15.3. The maximum Gasteiger partial charge on any atom is 0.305 e. The van der Waals surface area contributed by atoms with Crippen LogP contribution in [-0.4, -0.2) is 131 Å². The summed E-state index contributed by atoms with van der Waals surface area (Å²) in [6, 6.07) is 12.3. The number of hydrogen-bond acceptors (Lipinski definition) is 13. The van der Waals surface area contributed by atoms with Gasteiger partial charge in [-0.25, -0.2) is 0 Å². The lowest BCUT2D eigenvalue weighted by Crippen LogP contribution is -2.35. The molecule has 4 aliphatic heterocycles. The number of methoxy groups -OCH3 is 2. The molecule has 3 aromatic rings. The molecular weight excluding hydrogens is 813 g/mol. The van der Waals surface area contributed by atoms with Crippen LogP contribution in [0.4, 0.5) is 11.4 Å². The summed E-state index contributed by atoms with van der Waals surface area (Å²) >= 11 is 0. The summed E-state index contributed by atoms with van der Waals surface area (Å²) in [5, 5.41) is 8.69. The van der Waals surface area contributed by atoms with Gasteiger partial charge in [0.2, 0.25) is 0 Å². The molecule has 2 saturated heterocycles. The Hall–Kier alpha value is -6.23. The Labute approximate surface area is 366 Å². The summed E-state index contributed by atoms with van der Waals surface area (Å²) in [4.78, 5) is 51.0. The van der Waals surface area contributed by atoms with E-state index >= 15 is 0 Å². The highest BCUT2D eigenvalue weighted by atomic mass is 16.6. The Morgan fingerprint density at radius 3 is 1.54 bits per heavy atom. The second-order valence-electron chi connectivity index (χ2n) is 15.3. The number of amides is 2. The number of carbonyl (C=O) groups is 3. The molecule has 2 atom stereocenters. The topological polar surface area (TPSA) is 176 Å². The van der Waals surface area contributed by atoms with Gasteiger partial charge >= 0.3 is 5.97 Å². The third-order valence-corrected chi connectivity index (χ3v) is 11.1. The highest BCUT2D eigenvalue weighted by Crippen LogP contribution is 2.41. The molecular formula is C47H54N4O12. The number of aliphatic imine (C=N–C) groups is 2. The van der Waals surface area contributed by atoms with Gasteiger partial charge in [-0.05, 0) is 68.1 Å². The lowest BCUT2D eigenvalue weighted by molar-refractivity contribution is -0.138. The average molecular weight is 867 g/mol.